The van der Waals surface area contributed by atoms with Gasteiger partial charge in [-0.15, -0.1) is 0 Å². The first-order chi connectivity index (χ1) is 11.0. The van der Waals surface area contributed by atoms with Crippen molar-refractivity contribution < 1.29 is 14.6 Å². The van der Waals surface area contributed by atoms with Gasteiger partial charge in [0, 0.05) is 12.6 Å². The Labute approximate surface area is 137 Å². The van der Waals surface area contributed by atoms with Crippen LogP contribution in [0.1, 0.15) is 30.3 Å². The van der Waals surface area contributed by atoms with Crippen LogP contribution >= 0.6 is 0 Å². The fourth-order valence-corrected chi connectivity index (χ4v) is 2.58. The zero-order valence-electron chi connectivity index (χ0n) is 13.5. The Balaban J connectivity index is 1.96. The molecule has 0 amide bonds. The highest BCUT2D eigenvalue weighted by Gasteiger charge is 2.26. The van der Waals surface area contributed by atoms with Crippen molar-refractivity contribution in [3.63, 3.8) is 0 Å². The minimum Gasteiger partial charge on any atom is -0.388 e. The average molecular weight is 317 g/mol. The average Bonchev–Trinajstić information content (AvgIpc) is 2.61. The molecule has 4 heteroatoms. The van der Waals surface area contributed by atoms with E-state index in [1.807, 2.05) is 43.3 Å². The van der Waals surface area contributed by atoms with Gasteiger partial charge in [0.05, 0.1) is 6.10 Å². The molecule has 0 saturated heterocycles. The molecular weight excluding hydrogens is 293 g/mol. The van der Waals surface area contributed by atoms with E-state index in [0.717, 1.165) is 5.56 Å². The Morgan fingerprint density at radius 1 is 0.913 bits per heavy atom. The zero-order valence-corrected chi connectivity index (χ0v) is 13.5. The van der Waals surface area contributed by atoms with Crippen molar-refractivity contribution in [3.8, 4) is 0 Å². The Kier molecular flexibility index (Phi) is 6.28. The molecule has 0 bridgehead atoms. The van der Waals surface area contributed by atoms with Crippen molar-refractivity contribution in [2.45, 2.75) is 31.3 Å². The third-order valence-electron chi connectivity index (χ3n) is 4.22. The lowest BCUT2D eigenvalue weighted by molar-refractivity contribution is 0.0112. The molecule has 3 nitrogen and oxygen atoms in total. The summed E-state index contributed by atoms with van der Waals surface area (Å²) in [5.74, 6) is 0. The van der Waals surface area contributed by atoms with Gasteiger partial charge < -0.3 is 10.2 Å². The highest BCUT2D eigenvalue weighted by molar-refractivity contribution is 5.19. The maximum atomic E-state index is 14.3. The molecule has 2 aromatic rings. The summed E-state index contributed by atoms with van der Waals surface area (Å²) in [7, 11) is 1.78. The van der Waals surface area contributed by atoms with Gasteiger partial charge in [-0.25, -0.2) is 4.39 Å². The van der Waals surface area contributed by atoms with Crippen molar-refractivity contribution in [2.24, 2.45) is 0 Å². The van der Waals surface area contributed by atoms with Gasteiger partial charge >= 0.3 is 0 Å². The number of aliphatic hydroxyl groups excluding tert-OH is 2. The smallest absolute Gasteiger partial charge is 0.152 e. The van der Waals surface area contributed by atoms with E-state index >= 15 is 0 Å². The van der Waals surface area contributed by atoms with Crippen LogP contribution in [-0.2, 0) is 0 Å². The highest BCUT2D eigenvalue weighted by atomic mass is 19.1. The standard InChI is InChI=1S/C19H24FNO2/c1-14(19(23)16-11-7-4-8-12-16)21(2)13-17(22)18(20)15-9-5-3-6-10-15/h3-12,14,17-19,22-23H,13H2,1-2H3/t14-,17+,18-,19-/m1/s1. The van der Waals surface area contributed by atoms with Gasteiger partial charge in [0.2, 0.25) is 0 Å². The summed E-state index contributed by atoms with van der Waals surface area (Å²) < 4.78 is 14.3. The van der Waals surface area contributed by atoms with Crippen LogP contribution in [-0.4, -0.2) is 40.9 Å². The molecule has 0 heterocycles. The minimum absolute atomic E-state index is 0.140. The zero-order chi connectivity index (χ0) is 16.8. The summed E-state index contributed by atoms with van der Waals surface area (Å²) in [4.78, 5) is 1.78. The summed E-state index contributed by atoms with van der Waals surface area (Å²) in [5, 5.41) is 20.6. The Morgan fingerprint density at radius 2 is 1.39 bits per heavy atom. The lowest BCUT2D eigenvalue weighted by Gasteiger charge is -2.31. The number of nitrogens with zero attached hydrogens (tertiary/aromatic N) is 1. The number of hydrogen-bond acceptors (Lipinski definition) is 3. The predicted molar refractivity (Wildman–Crippen MR) is 89.8 cm³/mol. The molecule has 0 aliphatic rings. The van der Waals surface area contributed by atoms with Crippen molar-refractivity contribution in [1.29, 1.82) is 0 Å². The lowest BCUT2D eigenvalue weighted by atomic mass is 10.0. The Morgan fingerprint density at radius 3 is 1.91 bits per heavy atom. The van der Waals surface area contributed by atoms with Crippen LogP contribution in [0.5, 0.6) is 0 Å². The van der Waals surface area contributed by atoms with Crippen LogP contribution in [0.25, 0.3) is 0 Å². The van der Waals surface area contributed by atoms with Crippen LogP contribution in [0, 0.1) is 0 Å². The monoisotopic (exact) mass is 317 g/mol. The van der Waals surface area contributed by atoms with Crippen LogP contribution in [0.2, 0.25) is 0 Å². The van der Waals surface area contributed by atoms with E-state index in [9.17, 15) is 14.6 Å². The summed E-state index contributed by atoms with van der Waals surface area (Å²) in [6, 6.07) is 17.7. The van der Waals surface area contributed by atoms with Crippen molar-refractivity contribution in [3.05, 3.63) is 71.8 Å². The quantitative estimate of drug-likeness (QED) is 0.825. The molecule has 0 aromatic heterocycles. The molecule has 2 aromatic carbocycles. The van der Waals surface area contributed by atoms with E-state index in [2.05, 4.69) is 0 Å². The molecule has 0 spiro atoms. The van der Waals surface area contributed by atoms with Crippen LogP contribution in [0.3, 0.4) is 0 Å². The second-order valence-corrected chi connectivity index (χ2v) is 5.92. The van der Waals surface area contributed by atoms with Gasteiger partial charge in [-0.2, -0.15) is 0 Å². The van der Waals surface area contributed by atoms with Gasteiger partial charge in [0.25, 0.3) is 0 Å². The fraction of sp³-hybridized carbons (Fsp3) is 0.368. The number of hydrogen-bond donors (Lipinski definition) is 2. The molecule has 0 fully saturated rings. The van der Waals surface area contributed by atoms with Gasteiger partial charge in [0.1, 0.15) is 6.10 Å². The molecule has 4 atom stereocenters. The number of aliphatic hydroxyl groups is 2. The van der Waals surface area contributed by atoms with Gasteiger partial charge in [-0.3, -0.25) is 4.90 Å². The molecule has 0 aliphatic carbocycles. The number of alkyl halides is 1. The summed E-state index contributed by atoms with van der Waals surface area (Å²) in [6.45, 7) is 2.00. The predicted octanol–water partition coefficient (Wildman–Crippen LogP) is 3.11. The minimum atomic E-state index is -1.44. The van der Waals surface area contributed by atoms with Crippen molar-refractivity contribution in [1.82, 2.24) is 4.90 Å². The molecule has 124 valence electrons. The fourth-order valence-electron chi connectivity index (χ4n) is 2.58. The van der Waals surface area contributed by atoms with Crippen molar-refractivity contribution >= 4 is 0 Å². The topological polar surface area (TPSA) is 43.7 Å². The highest BCUT2D eigenvalue weighted by Crippen LogP contribution is 2.24. The van der Waals surface area contributed by atoms with Crippen molar-refractivity contribution in [2.75, 3.05) is 13.6 Å². The molecule has 2 N–H and O–H groups in total. The SMILES string of the molecule is C[C@H]([C@@H](O)c1ccccc1)N(C)C[C@H](O)[C@H](F)c1ccccc1. The van der Waals surface area contributed by atoms with E-state index in [0.29, 0.717) is 5.56 Å². The Hall–Kier alpha value is -1.75. The number of rotatable bonds is 7. The molecular formula is C19H24FNO2. The van der Waals surface area contributed by atoms with Crippen LogP contribution in [0.4, 0.5) is 4.39 Å². The van der Waals surface area contributed by atoms with Gasteiger partial charge in [0.15, 0.2) is 6.17 Å². The van der Waals surface area contributed by atoms with E-state index in [4.69, 9.17) is 0 Å². The van der Waals surface area contributed by atoms with E-state index in [-0.39, 0.29) is 12.6 Å². The van der Waals surface area contributed by atoms with E-state index < -0.39 is 18.4 Å². The molecule has 0 saturated carbocycles. The maximum Gasteiger partial charge on any atom is 0.152 e. The van der Waals surface area contributed by atoms with E-state index in [1.165, 1.54) is 0 Å². The molecule has 2 rings (SSSR count). The van der Waals surface area contributed by atoms with Gasteiger partial charge in [-0.1, -0.05) is 60.7 Å². The number of halogens is 1. The summed E-state index contributed by atoms with van der Waals surface area (Å²) >= 11 is 0. The van der Waals surface area contributed by atoms with Crippen LogP contribution < -0.4 is 0 Å². The molecule has 0 radical (unpaired) electrons. The first-order valence-electron chi connectivity index (χ1n) is 7.81. The van der Waals surface area contributed by atoms with E-state index in [1.54, 1.807) is 36.2 Å². The molecule has 0 aliphatic heterocycles. The molecule has 0 unspecified atom stereocenters. The number of benzene rings is 2. The summed E-state index contributed by atoms with van der Waals surface area (Å²) in [6.07, 6.45) is -3.28. The maximum absolute atomic E-state index is 14.3. The third-order valence-corrected chi connectivity index (χ3v) is 4.22. The third kappa shape index (κ3) is 4.61. The van der Waals surface area contributed by atoms with Gasteiger partial charge in [-0.05, 0) is 25.1 Å². The number of likely N-dealkylation sites (N-methyl/N-ethyl adjacent to an activating group) is 1. The largest absolute Gasteiger partial charge is 0.388 e. The Bertz CT molecular complexity index is 578. The summed E-state index contributed by atoms with van der Waals surface area (Å²) in [5.41, 5.74) is 1.27. The lowest BCUT2D eigenvalue weighted by Crippen LogP contribution is -2.40. The second kappa shape index (κ2) is 8.20. The first-order valence-corrected chi connectivity index (χ1v) is 7.81. The van der Waals surface area contributed by atoms with Crippen LogP contribution in [0.15, 0.2) is 60.7 Å². The molecule has 23 heavy (non-hydrogen) atoms. The second-order valence-electron chi connectivity index (χ2n) is 5.92. The normalized spacial score (nSPS) is 16.8. The first kappa shape index (κ1) is 17.6.